The minimum Gasteiger partial charge on any atom is -0.398 e. The zero-order valence-electron chi connectivity index (χ0n) is 8.84. The van der Waals surface area contributed by atoms with Gasteiger partial charge in [0.2, 0.25) is 0 Å². The van der Waals surface area contributed by atoms with Crippen LogP contribution in [0.1, 0.15) is 6.42 Å². The molecule has 0 N–H and O–H groups in total. The topological polar surface area (TPSA) is 27.7 Å². The molecule has 0 unspecified atom stereocenters. The molecule has 0 atom stereocenters. The van der Waals surface area contributed by atoms with Crippen LogP contribution in [0.4, 0.5) is 0 Å². The van der Waals surface area contributed by atoms with Crippen molar-refractivity contribution in [2.45, 2.75) is 19.0 Å². The maximum Gasteiger partial charge on any atom is 0.334 e. The second kappa shape index (κ2) is 7.26. The van der Waals surface area contributed by atoms with Crippen LogP contribution in [0.15, 0.2) is 12.7 Å². The summed E-state index contributed by atoms with van der Waals surface area (Å²) in [5, 5.41) is 0. The fourth-order valence-corrected chi connectivity index (χ4v) is 2.31. The largest absolute Gasteiger partial charge is 0.398 e. The summed E-state index contributed by atoms with van der Waals surface area (Å²) in [6, 6.07) is 0.969. The van der Waals surface area contributed by atoms with Gasteiger partial charge in [-0.25, -0.2) is 0 Å². The highest BCUT2D eigenvalue weighted by Gasteiger charge is 2.27. The molecule has 0 aliphatic rings. The fraction of sp³-hybridized carbons (Fsp3) is 0.778. The van der Waals surface area contributed by atoms with Crippen molar-refractivity contribution in [1.82, 2.24) is 0 Å². The Balaban J connectivity index is 3.44. The summed E-state index contributed by atoms with van der Waals surface area (Å²) in [4.78, 5) is 0. The standard InChI is InChI=1S/C9H20O3Si/c1-5-7-12-8-6-9-13(4,10-2)11-3/h5H,1,6-9H2,2-4H3. The van der Waals surface area contributed by atoms with Gasteiger partial charge in [0.15, 0.2) is 0 Å². The third-order valence-corrected chi connectivity index (χ3v) is 5.01. The predicted molar refractivity (Wildman–Crippen MR) is 56.1 cm³/mol. The lowest BCUT2D eigenvalue weighted by Gasteiger charge is -2.22. The SMILES string of the molecule is C=CCOCCC[Si](C)(OC)OC. The zero-order chi connectivity index (χ0) is 10.2. The van der Waals surface area contributed by atoms with Crippen molar-refractivity contribution < 1.29 is 13.6 Å². The van der Waals surface area contributed by atoms with Crippen LogP contribution in [0.2, 0.25) is 12.6 Å². The minimum absolute atomic E-state index is 0.623. The lowest BCUT2D eigenvalue weighted by Crippen LogP contribution is -2.36. The maximum atomic E-state index is 5.33. The maximum absolute atomic E-state index is 5.33. The average Bonchev–Trinajstić information content (AvgIpc) is 2.17. The van der Waals surface area contributed by atoms with E-state index >= 15 is 0 Å². The van der Waals surface area contributed by atoms with Crippen LogP contribution < -0.4 is 0 Å². The third-order valence-electron chi connectivity index (χ3n) is 2.02. The molecule has 0 bridgehead atoms. The van der Waals surface area contributed by atoms with Gasteiger partial charge in [0, 0.05) is 20.8 Å². The quantitative estimate of drug-likeness (QED) is 0.343. The predicted octanol–water partition coefficient (Wildman–Crippen LogP) is 1.94. The first kappa shape index (κ1) is 12.8. The van der Waals surface area contributed by atoms with E-state index in [1.807, 2.05) is 0 Å². The molecule has 0 spiro atoms. The number of hydrogen-bond acceptors (Lipinski definition) is 3. The van der Waals surface area contributed by atoms with E-state index < -0.39 is 8.56 Å². The van der Waals surface area contributed by atoms with Crippen molar-refractivity contribution in [3.05, 3.63) is 12.7 Å². The van der Waals surface area contributed by atoms with Gasteiger partial charge in [-0.2, -0.15) is 0 Å². The molecule has 13 heavy (non-hydrogen) atoms. The lowest BCUT2D eigenvalue weighted by atomic mass is 10.5. The highest BCUT2D eigenvalue weighted by molar-refractivity contribution is 6.65. The van der Waals surface area contributed by atoms with Gasteiger partial charge in [-0.15, -0.1) is 6.58 Å². The van der Waals surface area contributed by atoms with Crippen molar-refractivity contribution in [3.8, 4) is 0 Å². The molecule has 0 saturated heterocycles. The molecule has 0 aromatic carbocycles. The van der Waals surface area contributed by atoms with Gasteiger partial charge in [-0.1, -0.05) is 6.08 Å². The van der Waals surface area contributed by atoms with Crippen LogP contribution >= 0.6 is 0 Å². The van der Waals surface area contributed by atoms with Crippen LogP contribution in [0.5, 0.6) is 0 Å². The molecule has 0 amide bonds. The second-order valence-corrected chi connectivity index (χ2v) is 6.59. The Morgan fingerprint density at radius 3 is 2.38 bits per heavy atom. The van der Waals surface area contributed by atoms with E-state index in [1.54, 1.807) is 20.3 Å². The molecule has 0 radical (unpaired) electrons. The highest BCUT2D eigenvalue weighted by Crippen LogP contribution is 2.13. The van der Waals surface area contributed by atoms with E-state index in [-0.39, 0.29) is 0 Å². The summed E-state index contributed by atoms with van der Waals surface area (Å²) in [5.74, 6) is 0. The van der Waals surface area contributed by atoms with Gasteiger partial charge >= 0.3 is 8.56 Å². The van der Waals surface area contributed by atoms with E-state index in [1.165, 1.54) is 0 Å². The summed E-state index contributed by atoms with van der Waals surface area (Å²) in [6.45, 7) is 7.00. The molecule has 0 heterocycles. The average molecular weight is 204 g/mol. The lowest BCUT2D eigenvalue weighted by molar-refractivity contribution is 0.158. The van der Waals surface area contributed by atoms with E-state index in [0.717, 1.165) is 19.1 Å². The Morgan fingerprint density at radius 1 is 1.31 bits per heavy atom. The van der Waals surface area contributed by atoms with Crippen molar-refractivity contribution >= 4 is 8.56 Å². The van der Waals surface area contributed by atoms with Crippen LogP contribution in [0.25, 0.3) is 0 Å². The highest BCUT2D eigenvalue weighted by atomic mass is 28.4. The first-order valence-electron chi connectivity index (χ1n) is 4.47. The first-order valence-corrected chi connectivity index (χ1v) is 7.00. The Morgan fingerprint density at radius 2 is 1.92 bits per heavy atom. The molecule has 0 aliphatic carbocycles. The third kappa shape index (κ3) is 5.98. The summed E-state index contributed by atoms with van der Waals surface area (Å²) < 4.78 is 15.9. The molecule has 0 saturated carbocycles. The molecule has 0 aliphatic heterocycles. The molecular weight excluding hydrogens is 184 g/mol. The first-order chi connectivity index (χ1) is 6.18. The molecule has 0 aromatic heterocycles. The second-order valence-electron chi connectivity index (χ2n) is 3.01. The number of rotatable bonds is 8. The fourth-order valence-electron chi connectivity index (χ4n) is 0.949. The molecule has 78 valence electrons. The van der Waals surface area contributed by atoms with Gasteiger partial charge in [0.05, 0.1) is 6.61 Å². The molecule has 0 rings (SSSR count). The smallest absolute Gasteiger partial charge is 0.334 e. The zero-order valence-corrected chi connectivity index (χ0v) is 9.84. The van der Waals surface area contributed by atoms with E-state index in [4.69, 9.17) is 13.6 Å². The Labute approximate surface area is 81.9 Å². The molecular formula is C9H20O3Si. The Kier molecular flexibility index (Phi) is 7.17. The van der Waals surface area contributed by atoms with Gasteiger partial charge in [0.25, 0.3) is 0 Å². The van der Waals surface area contributed by atoms with Gasteiger partial charge < -0.3 is 13.6 Å². The molecule has 0 aromatic rings. The molecule has 3 nitrogen and oxygen atoms in total. The number of ether oxygens (including phenoxy) is 1. The van der Waals surface area contributed by atoms with Crippen molar-refractivity contribution in [1.29, 1.82) is 0 Å². The molecule has 0 fully saturated rings. The van der Waals surface area contributed by atoms with Crippen LogP contribution in [0.3, 0.4) is 0 Å². The Bertz CT molecular complexity index is 135. The van der Waals surface area contributed by atoms with Gasteiger partial charge in [-0.05, 0) is 19.0 Å². The number of hydrogen-bond donors (Lipinski definition) is 0. The van der Waals surface area contributed by atoms with E-state index in [9.17, 15) is 0 Å². The van der Waals surface area contributed by atoms with E-state index in [2.05, 4.69) is 13.1 Å². The van der Waals surface area contributed by atoms with Crippen LogP contribution in [-0.4, -0.2) is 36.0 Å². The van der Waals surface area contributed by atoms with Crippen molar-refractivity contribution in [2.24, 2.45) is 0 Å². The van der Waals surface area contributed by atoms with Gasteiger partial charge in [-0.3, -0.25) is 0 Å². The normalized spacial score (nSPS) is 11.6. The minimum atomic E-state index is -1.86. The summed E-state index contributed by atoms with van der Waals surface area (Å²) >= 11 is 0. The van der Waals surface area contributed by atoms with Gasteiger partial charge in [0.1, 0.15) is 0 Å². The monoisotopic (exact) mass is 204 g/mol. The van der Waals surface area contributed by atoms with E-state index in [0.29, 0.717) is 6.61 Å². The summed E-state index contributed by atoms with van der Waals surface area (Å²) in [5.41, 5.74) is 0. The Hall–Kier alpha value is -0.163. The van der Waals surface area contributed by atoms with Crippen molar-refractivity contribution in [3.63, 3.8) is 0 Å². The van der Waals surface area contributed by atoms with Crippen molar-refractivity contribution in [2.75, 3.05) is 27.4 Å². The molecule has 4 heteroatoms. The summed E-state index contributed by atoms with van der Waals surface area (Å²) in [6.07, 6.45) is 2.74. The summed E-state index contributed by atoms with van der Waals surface area (Å²) in [7, 11) is 1.55. The van der Waals surface area contributed by atoms with Crippen LogP contribution in [-0.2, 0) is 13.6 Å². The van der Waals surface area contributed by atoms with Crippen LogP contribution in [0, 0.1) is 0 Å².